The standard InChI is InChI=1S/C19H17F2N3O/c1-12(23-19(25)14-3-5-15(20)6-4-14)18-11-22-24(13(18)2)17-9-7-16(21)8-10-17/h3-12H,1-2H3,(H,23,25). The third-order valence-corrected chi connectivity index (χ3v) is 4.04. The molecule has 4 nitrogen and oxygen atoms in total. The van der Waals surface area contributed by atoms with Crippen LogP contribution < -0.4 is 5.32 Å². The number of nitrogens with zero attached hydrogens (tertiary/aromatic N) is 2. The molecule has 0 bridgehead atoms. The Balaban J connectivity index is 1.78. The van der Waals surface area contributed by atoms with E-state index in [1.54, 1.807) is 23.0 Å². The zero-order valence-electron chi connectivity index (χ0n) is 13.8. The van der Waals surface area contributed by atoms with Gasteiger partial charge in [-0.05, 0) is 62.4 Å². The molecule has 0 aliphatic heterocycles. The number of carbonyl (C=O) groups excluding carboxylic acids is 1. The van der Waals surface area contributed by atoms with E-state index in [-0.39, 0.29) is 23.6 Å². The summed E-state index contributed by atoms with van der Waals surface area (Å²) in [6, 6.07) is 11.1. The highest BCUT2D eigenvalue weighted by Crippen LogP contribution is 2.20. The molecule has 6 heteroatoms. The molecule has 0 saturated carbocycles. The van der Waals surface area contributed by atoms with Gasteiger partial charge in [-0.3, -0.25) is 4.79 Å². The van der Waals surface area contributed by atoms with Crippen LogP contribution in [0, 0.1) is 18.6 Å². The number of rotatable bonds is 4. The van der Waals surface area contributed by atoms with Crippen LogP contribution in [0.2, 0.25) is 0 Å². The van der Waals surface area contributed by atoms with Crippen molar-refractivity contribution in [3.05, 3.63) is 83.2 Å². The predicted octanol–water partition coefficient (Wildman–Crippen LogP) is 3.95. The fourth-order valence-corrected chi connectivity index (χ4v) is 2.65. The molecule has 3 aromatic rings. The van der Waals surface area contributed by atoms with Crippen molar-refractivity contribution in [2.24, 2.45) is 0 Å². The highest BCUT2D eigenvalue weighted by molar-refractivity contribution is 5.94. The molecule has 1 amide bonds. The Morgan fingerprint density at radius 3 is 2.20 bits per heavy atom. The summed E-state index contributed by atoms with van der Waals surface area (Å²) in [6.07, 6.45) is 1.67. The zero-order chi connectivity index (χ0) is 18.0. The number of hydrogen-bond donors (Lipinski definition) is 1. The van der Waals surface area contributed by atoms with Crippen LogP contribution >= 0.6 is 0 Å². The minimum atomic E-state index is -0.388. The highest BCUT2D eigenvalue weighted by atomic mass is 19.1. The van der Waals surface area contributed by atoms with Crippen LogP contribution in [-0.2, 0) is 0 Å². The van der Waals surface area contributed by atoms with Gasteiger partial charge in [0, 0.05) is 16.8 Å². The molecular formula is C19H17F2N3O. The molecule has 2 aromatic carbocycles. The number of halogens is 2. The minimum absolute atomic E-state index is 0.285. The zero-order valence-corrected chi connectivity index (χ0v) is 13.8. The average molecular weight is 341 g/mol. The lowest BCUT2D eigenvalue weighted by Gasteiger charge is -2.14. The van der Waals surface area contributed by atoms with Crippen molar-refractivity contribution in [2.75, 3.05) is 0 Å². The van der Waals surface area contributed by atoms with E-state index in [4.69, 9.17) is 0 Å². The van der Waals surface area contributed by atoms with E-state index < -0.39 is 0 Å². The van der Waals surface area contributed by atoms with Crippen molar-refractivity contribution >= 4 is 5.91 Å². The first-order valence-electron chi connectivity index (χ1n) is 7.82. The maximum Gasteiger partial charge on any atom is 0.251 e. The van der Waals surface area contributed by atoms with Crippen LogP contribution in [0.4, 0.5) is 8.78 Å². The molecule has 1 unspecified atom stereocenters. The lowest BCUT2D eigenvalue weighted by Crippen LogP contribution is -2.26. The SMILES string of the molecule is Cc1c(C(C)NC(=O)c2ccc(F)cc2)cnn1-c1ccc(F)cc1. The normalized spacial score (nSPS) is 12.0. The van der Waals surface area contributed by atoms with Crippen LogP contribution in [0.25, 0.3) is 5.69 Å². The van der Waals surface area contributed by atoms with Crippen molar-refractivity contribution in [2.45, 2.75) is 19.9 Å². The van der Waals surface area contributed by atoms with Crippen molar-refractivity contribution in [3.63, 3.8) is 0 Å². The third-order valence-electron chi connectivity index (χ3n) is 4.04. The average Bonchev–Trinajstić information content (AvgIpc) is 2.98. The van der Waals surface area contributed by atoms with Gasteiger partial charge in [0.15, 0.2) is 0 Å². The van der Waals surface area contributed by atoms with E-state index in [2.05, 4.69) is 10.4 Å². The summed E-state index contributed by atoms with van der Waals surface area (Å²) >= 11 is 0. The maximum atomic E-state index is 13.1. The van der Waals surface area contributed by atoms with Crippen LogP contribution in [-0.4, -0.2) is 15.7 Å². The van der Waals surface area contributed by atoms with Crippen LogP contribution in [0.15, 0.2) is 54.7 Å². The van der Waals surface area contributed by atoms with Gasteiger partial charge in [0.1, 0.15) is 11.6 Å². The number of hydrogen-bond acceptors (Lipinski definition) is 2. The second-order valence-electron chi connectivity index (χ2n) is 5.78. The summed E-state index contributed by atoms with van der Waals surface area (Å²) in [6.45, 7) is 3.73. The fraction of sp³-hybridized carbons (Fsp3) is 0.158. The molecule has 0 spiro atoms. The first-order valence-corrected chi connectivity index (χ1v) is 7.82. The molecule has 0 saturated heterocycles. The first-order chi connectivity index (χ1) is 12.0. The van der Waals surface area contributed by atoms with Gasteiger partial charge in [0.2, 0.25) is 0 Å². The second-order valence-corrected chi connectivity index (χ2v) is 5.78. The van der Waals surface area contributed by atoms with Crippen molar-refractivity contribution < 1.29 is 13.6 Å². The molecule has 0 aliphatic rings. The molecule has 25 heavy (non-hydrogen) atoms. The number of aromatic nitrogens is 2. The van der Waals surface area contributed by atoms with Crippen LogP contribution in [0.1, 0.15) is 34.6 Å². The Morgan fingerprint density at radius 1 is 1.04 bits per heavy atom. The lowest BCUT2D eigenvalue weighted by atomic mass is 10.1. The van der Waals surface area contributed by atoms with E-state index in [9.17, 15) is 13.6 Å². The van der Waals surface area contributed by atoms with E-state index in [0.29, 0.717) is 5.56 Å². The van der Waals surface area contributed by atoms with Gasteiger partial charge >= 0.3 is 0 Å². The Morgan fingerprint density at radius 2 is 1.60 bits per heavy atom. The monoisotopic (exact) mass is 341 g/mol. The van der Waals surface area contributed by atoms with E-state index in [0.717, 1.165) is 16.9 Å². The number of carbonyl (C=O) groups is 1. The molecule has 0 fully saturated rings. The quantitative estimate of drug-likeness (QED) is 0.781. The fourth-order valence-electron chi connectivity index (χ4n) is 2.65. The van der Waals surface area contributed by atoms with Gasteiger partial charge in [-0.2, -0.15) is 5.10 Å². The first kappa shape index (κ1) is 16.8. The summed E-state index contributed by atoms with van der Waals surface area (Å²) in [7, 11) is 0. The largest absolute Gasteiger partial charge is 0.345 e. The number of nitrogens with one attached hydrogen (secondary N) is 1. The lowest BCUT2D eigenvalue weighted by molar-refractivity contribution is 0.0940. The van der Waals surface area contributed by atoms with Gasteiger partial charge in [0.25, 0.3) is 5.91 Å². The van der Waals surface area contributed by atoms with E-state index in [1.807, 2.05) is 13.8 Å². The molecule has 1 aromatic heterocycles. The number of amides is 1. The highest BCUT2D eigenvalue weighted by Gasteiger charge is 2.17. The van der Waals surface area contributed by atoms with Gasteiger partial charge in [-0.1, -0.05) is 0 Å². The molecule has 3 rings (SSSR count). The summed E-state index contributed by atoms with van der Waals surface area (Å²) in [4.78, 5) is 12.3. The van der Waals surface area contributed by atoms with E-state index >= 15 is 0 Å². The van der Waals surface area contributed by atoms with Crippen LogP contribution in [0.5, 0.6) is 0 Å². The smallest absolute Gasteiger partial charge is 0.251 e. The predicted molar refractivity (Wildman–Crippen MR) is 90.5 cm³/mol. The molecule has 1 atom stereocenters. The van der Waals surface area contributed by atoms with Crippen molar-refractivity contribution in [3.8, 4) is 5.69 Å². The molecule has 1 N–H and O–H groups in total. The Labute approximate surface area is 144 Å². The maximum absolute atomic E-state index is 13.1. The van der Waals surface area contributed by atoms with Gasteiger partial charge in [0.05, 0.1) is 17.9 Å². The minimum Gasteiger partial charge on any atom is -0.345 e. The van der Waals surface area contributed by atoms with Gasteiger partial charge in [-0.25, -0.2) is 13.5 Å². The molecule has 1 heterocycles. The van der Waals surface area contributed by atoms with E-state index in [1.165, 1.54) is 36.4 Å². The van der Waals surface area contributed by atoms with Crippen molar-refractivity contribution in [1.29, 1.82) is 0 Å². The summed E-state index contributed by atoms with van der Waals surface area (Å²) in [5.74, 6) is -0.990. The molecule has 0 aliphatic carbocycles. The summed E-state index contributed by atoms with van der Waals surface area (Å²) in [5.41, 5.74) is 2.82. The Bertz CT molecular complexity index is 886. The number of benzene rings is 2. The molecule has 0 radical (unpaired) electrons. The third kappa shape index (κ3) is 3.57. The van der Waals surface area contributed by atoms with Crippen molar-refractivity contribution in [1.82, 2.24) is 15.1 Å². The Hall–Kier alpha value is -3.02. The Kier molecular flexibility index (Phi) is 4.61. The summed E-state index contributed by atoms with van der Waals surface area (Å²) < 4.78 is 27.7. The topological polar surface area (TPSA) is 46.9 Å². The molecule has 128 valence electrons. The van der Waals surface area contributed by atoms with Gasteiger partial charge < -0.3 is 5.32 Å². The summed E-state index contributed by atoms with van der Waals surface area (Å²) in [5, 5.41) is 7.19. The molecular weight excluding hydrogens is 324 g/mol. The van der Waals surface area contributed by atoms with Gasteiger partial charge in [-0.15, -0.1) is 0 Å². The second kappa shape index (κ2) is 6.84. The van der Waals surface area contributed by atoms with Crippen LogP contribution in [0.3, 0.4) is 0 Å².